The summed E-state index contributed by atoms with van der Waals surface area (Å²) >= 11 is 1.57. The van der Waals surface area contributed by atoms with E-state index in [2.05, 4.69) is 10.1 Å². The lowest BCUT2D eigenvalue weighted by Crippen LogP contribution is -2.15. The van der Waals surface area contributed by atoms with Crippen molar-refractivity contribution in [1.29, 1.82) is 0 Å². The molecule has 0 fully saturated rings. The Kier molecular flexibility index (Phi) is 2.43. The molecule has 11 heavy (non-hydrogen) atoms. The maximum Gasteiger partial charge on any atom is 0.169 e. The van der Waals surface area contributed by atoms with E-state index < -0.39 is 0 Å². The van der Waals surface area contributed by atoms with Gasteiger partial charge in [-0.05, 0) is 6.42 Å². The largest absolute Gasteiger partial charge is 0.380 e. The number of nitrogens with two attached hydrogens (primary N) is 2. The molecule has 1 heterocycles. The fourth-order valence-corrected chi connectivity index (χ4v) is 1.40. The van der Waals surface area contributed by atoms with Gasteiger partial charge in [-0.15, -0.1) is 11.3 Å². The minimum atomic E-state index is 0.293. The Morgan fingerprint density at radius 1 is 1.82 bits per heavy atom. The van der Waals surface area contributed by atoms with Crippen molar-refractivity contribution in [3.05, 3.63) is 16.1 Å². The lowest BCUT2D eigenvalue weighted by Gasteiger charge is -1.89. The van der Waals surface area contributed by atoms with Gasteiger partial charge in [0.1, 0.15) is 5.69 Å². The molecule has 0 spiro atoms. The summed E-state index contributed by atoms with van der Waals surface area (Å²) in [7, 11) is 0. The average Bonchev–Trinajstić information content (AvgIpc) is 2.50. The molecule has 0 unspecified atom stereocenters. The maximum atomic E-state index is 5.43. The van der Waals surface area contributed by atoms with Crippen molar-refractivity contribution in [2.75, 3.05) is 0 Å². The Labute approximate surface area is 68.9 Å². The van der Waals surface area contributed by atoms with E-state index in [4.69, 9.17) is 11.6 Å². The number of nitrogens with zero attached hydrogens (tertiary/aromatic N) is 2. The van der Waals surface area contributed by atoms with Crippen LogP contribution in [0.25, 0.3) is 0 Å². The van der Waals surface area contributed by atoms with Gasteiger partial charge >= 0.3 is 0 Å². The minimum Gasteiger partial charge on any atom is -0.380 e. The molecule has 0 aliphatic carbocycles. The first-order valence-corrected chi connectivity index (χ1v) is 4.14. The first kappa shape index (κ1) is 8.00. The van der Waals surface area contributed by atoms with Crippen LogP contribution in [0.3, 0.4) is 0 Å². The molecule has 0 radical (unpaired) electrons. The van der Waals surface area contributed by atoms with Gasteiger partial charge in [0.2, 0.25) is 0 Å². The fraction of sp³-hybridized carbons (Fsp3) is 0.333. The molecule has 0 bridgehead atoms. The molecule has 1 aromatic rings. The molecular weight excluding hydrogens is 160 g/mol. The molecule has 5 heteroatoms. The second kappa shape index (κ2) is 3.34. The number of amidine groups is 1. The summed E-state index contributed by atoms with van der Waals surface area (Å²) < 4.78 is 0. The number of hydrogen-bond donors (Lipinski definition) is 2. The van der Waals surface area contributed by atoms with Crippen LogP contribution >= 0.6 is 11.3 Å². The Balaban J connectivity index is 2.89. The second-order valence-electron chi connectivity index (χ2n) is 1.99. The zero-order chi connectivity index (χ0) is 8.27. The van der Waals surface area contributed by atoms with Gasteiger partial charge < -0.3 is 11.6 Å². The Morgan fingerprint density at radius 3 is 3.00 bits per heavy atom. The van der Waals surface area contributed by atoms with E-state index in [0.717, 1.165) is 11.4 Å². The number of rotatable bonds is 2. The highest BCUT2D eigenvalue weighted by molar-refractivity contribution is 7.09. The fourth-order valence-electron chi connectivity index (χ4n) is 0.657. The van der Waals surface area contributed by atoms with E-state index in [0.29, 0.717) is 11.5 Å². The number of aryl methyl sites for hydroxylation is 1. The zero-order valence-electron chi connectivity index (χ0n) is 6.24. The predicted octanol–water partition coefficient (Wildman–Crippen LogP) is 0.285. The van der Waals surface area contributed by atoms with Gasteiger partial charge in [0.15, 0.2) is 5.84 Å². The van der Waals surface area contributed by atoms with Gasteiger partial charge in [0, 0.05) is 5.38 Å². The number of hydrogen-bond acceptors (Lipinski definition) is 4. The van der Waals surface area contributed by atoms with Crippen LogP contribution in [0.15, 0.2) is 10.5 Å². The summed E-state index contributed by atoms with van der Waals surface area (Å²) in [5.74, 6) is 5.27. The van der Waals surface area contributed by atoms with Crippen molar-refractivity contribution >= 4 is 17.2 Å². The Hall–Kier alpha value is -1.10. The zero-order valence-corrected chi connectivity index (χ0v) is 7.06. The summed E-state index contributed by atoms with van der Waals surface area (Å²) in [5.41, 5.74) is 6.11. The first-order valence-electron chi connectivity index (χ1n) is 3.26. The van der Waals surface area contributed by atoms with Crippen molar-refractivity contribution in [3.63, 3.8) is 0 Å². The predicted molar refractivity (Wildman–Crippen MR) is 46.4 cm³/mol. The summed E-state index contributed by atoms with van der Waals surface area (Å²) in [6.07, 6.45) is 0.919. The van der Waals surface area contributed by atoms with Gasteiger partial charge in [0.25, 0.3) is 0 Å². The molecule has 0 saturated heterocycles. The van der Waals surface area contributed by atoms with E-state index in [1.54, 1.807) is 11.3 Å². The summed E-state index contributed by atoms with van der Waals surface area (Å²) in [6, 6.07) is 0. The SMILES string of the molecule is CCc1nc(/C(N)=N/N)cs1. The lowest BCUT2D eigenvalue weighted by atomic mass is 10.4. The summed E-state index contributed by atoms with van der Waals surface area (Å²) in [5, 5.41) is 6.24. The third-order valence-electron chi connectivity index (χ3n) is 1.26. The van der Waals surface area contributed by atoms with Gasteiger partial charge in [-0.3, -0.25) is 0 Å². The number of aromatic nitrogens is 1. The molecule has 0 aromatic carbocycles. The van der Waals surface area contributed by atoms with Crippen molar-refractivity contribution in [2.24, 2.45) is 16.7 Å². The van der Waals surface area contributed by atoms with Crippen LogP contribution < -0.4 is 11.6 Å². The van der Waals surface area contributed by atoms with Crippen molar-refractivity contribution in [3.8, 4) is 0 Å². The lowest BCUT2D eigenvalue weighted by molar-refractivity contribution is 1.08. The van der Waals surface area contributed by atoms with E-state index in [1.807, 2.05) is 12.3 Å². The molecule has 4 N–H and O–H groups in total. The molecule has 4 nitrogen and oxygen atoms in total. The van der Waals surface area contributed by atoms with Crippen LogP contribution in [-0.4, -0.2) is 10.8 Å². The standard InChI is InChI=1S/C6H10N4S/c1-2-5-9-4(3-11-5)6(7)10-8/h3H,2,8H2,1H3,(H2,7,10). The monoisotopic (exact) mass is 170 g/mol. The molecule has 0 saturated carbocycles. The number of thiazole rings is 1. The van der Waals surface area contributed by atoms with E-state index >= 15 is 0 Å². The molecule has 1 rings (SSSR count). The average molecular weight is 170 g/mol. The molecule has 0 aliphatic rings. The highest BCUT2D eigenvalue weighted by Gasteiger charge is 2.02. The number of hydrazone groups is 1. The Bertz CT molecular complexity index is 265. The molecular formula is C6H10N4S. The van der Waals surface area contributed by atoms with E-state index in [-0.39, 0.29) is 0 Å². The van der Waals surface area contributed by atoms with Crippen LogP contribution in [0.2, 0.25) is 0 Å². The molecule has 60 valence electrons. The molecule has 0 atom stereocenters. The van der Waals surface area contributed by atoms with Gasteiger partial charge in [0.05, 0.1) is 5.01 Å². The van der Waals surface area contributed by atoms with Crippen molar-refractivity contribution < 1.29 is 0 Å². The van der Waals surface area contributed by atoms with Crippen molar-refractivity contribution in [1.82, 2.24) is 4.98 Å². The van der Waals surface area contributed by atoms with Crippen LogP contribution in [0.5, 0.6) is 0 Å². The van der Waals surface area contributed by atoms with Crippen LogP contribution in [-0.2, 0) is 6.42 Å². The molecule has 0 amide bonds. The normalized spacial score (nSPS) is 11.9. The van der Waals surface area contributed by atoms with Crippen molar-refractivity contribution in [2.45, 2.75) is 13.3 Å². The summed E-state index contributed by atoms with van der Waals surface area (Å²) in [6.45, 7) is 2.04. The highest BCUT2D eigenvalue weighted by atomic mass is 32.1. The molecule has 0 aliphatic heterocycles. The third-order valence-corrected chi connectivity index (χ3v) is 2.25. The first-order chi connectivity index (χ1) is 5.27. The molecule has 1 aromatic heterocycles. The smallest absolute Gasteiger partial charge is 0.169 e. The quantitative estimate of drug-likeness (QED) is 0.290. The maximum absolute atomic E-state index is 5.43. The third kappa shape index (κ3) is 1.68. The van der Waals surface area contributed by atoms with Gasteiger partial charge in [-0.2, -0.15) is 5.10 Å². The Morgan fingerprint density at radius 2 is 2.55 bits per heavy atom. The second-order valence-corrected chi connectivity index (χ2v) is 2.94. The van der Waals surface area contributed by atoms with Gasteiger partial charge in [-0.25, -0.2) is 4.98 Å². The van der Waals surface area contributed by atoms with Gasteiger partial charge in [-0.1, -0.05) is 6.92 Å². The van der Waals surface area contributed by atoms with Crippen LogP contribution in [0.1, 0.15) is 17.6 Å². The van der Waals surface area contributed by atoms with E-state index in [9.17, 15) is 0 Å². The van der Waals surface area contributed by atoms with Crippen LogP contribution in [0.4, 0.5) is 0 Å². The highest BCUT2D eigenvalue weighted by Crippen LogP contribution is 2.09. The van der Waals surface area contributed by atoms with Crippen LogP contribution in [0, 0.1) is 0 Å². The van der Waals surface area contributed by atoms with E-state index in [1.165, 1.54) is 0 Å². The topological polar surface area (TPSA) is 77.3 Å². The summed E-state index contributed by atoms with van der Waals surface area (Å²) in [4.78, 5) is 4.18. The minimum absolute atomic E-state index is 0.293.